The van der Waals surface area contributed by atoms with Gasteiger partial charge in [0, 0.05) is 32.1 Å². The smallest absolute Gasteiger partial charge is 0.234 e. The summed E-state index contributed by atoms with van der Waals surface area (Å²) in [5, 5.41) is 4.60. The Hall–Kier alpha value is -3.60. The van der Waals surface area contributed by atoms with E-state index in [1.165, 1.54) is 17.3 Å². The molecule has 3 nitrogen and oxygen atoms in total. The number of halogens is 1. The van der Waals surface area contributed by atoms with E-state index in [1.807, 2.05) is 66.7 Å². The first kappa shape index (κ1) is 23.2. The predicted molar refractivity (Wildman–Crippen MR) is 148 cm³/mol. The van der Waals surface area contributed by atoms with Crippen molar-refractivity contribution in [3.8, 4) is 22.4 Å². The molecule has 0 aliphatic heterocycles. The van der Waals surface area contributed by atoms with Gasteiger partial charge in [-0.2, -0.15) is 0 Å². The lowest BCUT2D eigenvalue weighted by Gasteiger charge is -2.18. The second-order valence-electron chi connectivity index (χ2n) is 8.26. The summed E-state index contributed by atoms with van der Waals surface area (Å²) < 4.78 is 0. The van der Waals surface area contributed by atoms with Gasteiger partial charge in [0.05, 0.1) is 17.0 Å². The number of hydrogen-bond donors (Lipinski definition) is 1. The van der Waals surface area contributed by atoms with Gasteiger partial charge in [-0.15, -0.1) is 11.8 Å². The molecule has 0 saturated heterocycles. The molecular weight excluding hydrogens is 472 g/mol. The minimum atomic E-state index is -0.0683. The zero-order valence-corrected chi connectivity index (χ0v) is 20.7. The third-order valence-corrected chi connectivity index (χ3v) is 7.02. The molecule has 0 saturated carbocycles. The topological polar surface area (TPSA) is 42.0 Å². The Kier molecular flexibility index (Phi) is 6.84. The van der Waals surface area contributed by atoms with Gasteiger partial charge in [-0.3, -0.25) is 4.79 Å². The highest BCUT2D eigenvalue weighted by molar-refractivity contribution is 8.00. The Labute approximate surface area is 214 Å². The van der Waals surface area contributed by atoms with Crippen LogP contribution >= 0.6 is 23.4 Å². The maximum Gasteiger partial charge on any atom is 0.234 e. The first-order valence-electron chi connectivity index (χ1n) is 11.3. The molecule has 1 heterocycles. The normalized spacial score (nSPS) is 10.9. The van der Waals surface area contributed by atoms with E-state index in [9.17, 15) is 4.79 Å². The molecule has 0 aliphatic rings. The largest absolute Gasteiger partial charge is 0.325 e. The maximum atomic E-state index is 12.9. The molecule has 0 bridgehead atoms. The van der Waals surface area contributed by atoms with E-state index < -0.39 is 0 Å². The van der Waals surface area contributed by atoms with Crippen LogP contribution in [-0.2, 0) is 4.79 Å². The van der Waals surface area contributed by atoms with Crippen LogP contribution < -0.4 is 5.32 Å². The fourth-order valence-corrected chi connectivity index (χ4v) is 5.21. The van der Waals surface area contributed by atoms with Crippen molar-refractivity contribution >= 4 is 45.9 Å². The molecule has 35 heavy (non-hydrogen) atoms. The van der Waals surface area contributed by atoms with Crippen molar-refractivity contribution in [2.75, 3.05) is 11.1 Å². The number of carbonyl (C=O) groups excluding carboxylic acids is 1. The van der Waals surface area contributed by atoms with Crippen LogP contribution in [-0.4, -0.2) is 16.6 Å². The number of pyridine rings is 1. The van der Waals surface area contributed by atoms with Crippen LogP contribution in [0.15, 0.2) is 108 Å². The van der Waals surface area contributed by atoms with Crippen molar-refractivity contribution in [3.63, 3.8) is 0 Å². The average Bonchev–Trinajstić information content (AvgIpc) is 2.88. The number of aromatic nitrogens is 1. The third-order valence-electron chi connectivity index (χ3n) is 5.69. The molecule has 0 aliphatic carbocycles. The van der Waals surface area contributed by atoms with Crippen LogP contribution in [0.4, 0.5) is 5.69 Å². The number of rotatable bonds is 6. The van der Waals surface area contributed by atoms with Crippen molar-refractivity contribution in [2.45, 2.75) is 11.8 Å². The zero-order valence-electron chi connectivity index (χ0n) is 19.2. The number of amides is 1. The van der Waals surface area contributed by atoms with E-state index in [0.717, 1.165) is 43.9 Å². The molecule has 1 N–H and O–H groups in total. The quantitative estimate of drug-likeness (QED) is 0.241. The molecule has 4 aromatic carbocycles. The summed E-state index contributed by atoms with van der Waals surface area (Å²) in [4.78, 5) is 18.9. The molecule has 0 spiro atoms. The average molecular weight is 495 g/mol. The van der Waals surface area contributed by atoms with Crippen LogP contribution in [0.5, 0.6) is 0 Å². The highest BCUT2D eigenvalue weighted by Gasteiger charge is 2.20. The van der Waals surface area contributed by atoms with Gasteiger partial charge in [-0.05, 0) is 42.8 Å². The Morgan fingerprint density at radius 3 is 2.26 bits per heavy atom. The van der Waals surface area contributed by atoms with E-state index in [1.54, 1.807) is 0 Å². The molecule has 5 aromatic rings. The molecule has 1 amide bonds. The second kappa shape index (κ2) is 10.3. The van der Waals surface area contributed by atoms with Gasteiger partial charge in [0.25, 0.3) is 0 Å². The van der Waals surface area contributed by atoms with Crippen molar-refractivity contribution in [1.82, 2.24) is 4.98 Å². The van der Waals surface area contributed by atoms with Crippen molar-refractivity contribution in [3.05, 3.63) is 114 Å². The van der Waals surface area contributed by atoms with Crippen molar-refractivity contribution in [2.24, 2.45) is 0 Å². The van der Waals surface area contributed by atoms with Gasteiger partial charge in [0.1, 0.15) is 0 Å². The first-order valence-corrected chi connectivity index (χ1v) is 12.7. The van der Waals surface area contributed by atoms with Gasteiger partial charge < -0.3 is 5.32 Å². The zero-order chi connectivity index (χ0) is 24.2. The molecule has 1 aromatic heterocycles. The molecule has 0 unspecified atom stereocenters. The van der Waals surface area contributed by atoms with Crippen LogP contribution in [0, 0.1) is 6.92 Å². The number of anilines is 1. The van der Waals surface area contributed by atoms with Gasteiger partial charge in [-0.25, -0.2) is 4.98 Å². The standard InChI is InChI=1S/C30H23ClN2OS/c1-20-12-14-22(15-13-20)29-30(35-19-27(34)32-24-10-6-3-7-11-24)28(21-8-4-2-5-9-21)25-18-23(31)16-17-26(25)33-29/h2-18H,19H2,1H3,(H,32,34). The van der Waals surface area contributed by atoms with E-state index >= 15 is 0 Å². The lowest BCUT2D eigenvalue weighted by molar-refractivity contribution is -0.113. The summed E-state index contributed by atoms with van der Waals surface area (Å²) >= 11 is 7.92. The summed E-state index contributed by atoms with van der Waals surface area (Å²) in [6.45, 7) is 2.07. The Bertz CT molecular complexity index is 1490. The summed E-state index contributed by atoms with van der Waals surface area (Å²) in [5.74, 6) is 0.183. The maximum absolute atomic E-state index is 12.9. The monoisotopic (exact) mass is 494 g/mol. The Morgan fingerprint density at radius 1 is 0.857 bits per heavy atom. The fourth-order valence-electron chi connectivity index (χ4n) is 4.01. The minimum absolute atomic E-state index is 0.0683. The molecular formula is C30H23ClN2OS. The number of aryl methyl sites for hydroxylation is 1. The lowest BCUT2D eigenvalue weighted by Crippen LogP contribution is -2.14. The number of carbonyl (C=O) groups is 1. The number of nitrogens with one attached hydrogen (secondary N) is 1. The van der Waals surface area contributed by atoms with Crippen LogP contribution in [0.2, 0.25) is 5.02 Å². The number of thioether (sulfide) groups is 1. The van der Waals surface area contributed by atoms with Gasteiger partial charge >= 0.3 is 0 Å². The SMILES string of the molecule is Cc1ccc(-c2nc3ccc(Cl)cc3c(-c3ccccc3)c2SCC(=O)Nc2ccccc2)cc1. The second-order valence-corrected chi connectivity index (χ2v) is 9.68. The Balaban J connectivity index is 1.65. The molecule has 0 atom stereocenters. The molecule has 172 valence electrons. The molecule has 5 heteroatoms. The number of para-hydroxylation sites is 1. The van der Waals surface area contributed by atoms with Crippen molar-refractivity contribution < 1.29 is 4.79 Å². The van der Waals surface area contributed by atoms with E-state index in [0.29, 0.717) is 5.02 Å². The summed E-state index contributed by atoms with van der Waals surface area (Å²) in [6.07, 6.45) is 0. The summed E-state index contributed by atoms with van der Waals surface area (Å²) in [5.41, 5.74) is 6.78. The highest BCUT2D eigenvalue weighted by atomic mass is 35.5. The van der Waals surface area contributed by atoms with Crippen LogP contribution in [0.1, 0.15) is 5.56 Å². The van der Waals surface area contributed by atoms with Gasteiger partial charge in [0.15, 0.2) is 0 Å². The molecule has 5 rings (SSSR count). The summed E-state index contributed by atoms with van der Waals surface area (Å²) in [6, 6.07) is 33.8. The summed E-state index contributed by atoms with van der Waals surface area (Å²) in [7, 11) is 0. The first-order chi connectivity index (χ1) is 17.1. The van der Waals surface area contributed by atoms with E-state index in [2.05, 4.69) is 48.6 Å². The van der Waals surface area contributed by atoms with E-state index in [-0.39, 0.29) is 11.7 Å². The van der Waals surface area contributed by atoms with E-state index in [4.69, 9.17) is 16.6 Å². The van der Waals surface area contributed by atoms with Gasteiger partial charge in [0.2, 0.25) is 5.91 Å². The Morgan fingerprint density at radius 2 is 1.54 bits per heavy atom. The number of benzene rings is 4. The molecule has 0 fully saturated rings. The number of fused-ring (bicyclic) bond motifs is 1. The van der Waals surface area contributed by atoms with Crippen molar-refractivity contribution in [1.29, 1.82) is 0 Å². The van der Waals surface area contributed by atoms with Gasteiger partial charge in [-0.1, -0.05) is 90.0 Å². The minimum Gasteiger partial charge on any atom is -0.325 e. The lowest BCUT2D eigenvalue weighted by atomic mass is 9.98. The van der Waals surface area contributed by atoms with Crippen LogP contribution in [0.25, 0.3) is 33.3 Å². The molecule has 0 radical (unpaired) electrons. The number of nitrogens with zero attached hydrogens (tertiary/aromatic N) is 1. The van der Waals surface area contributed by atoms with Crippen LogP contribution in [0.3, 0.4) is 0 Å². The number of hydrogen-bond acceptors (Lipinski definition) is 3. The highest BCUT2D eigenvalue weighted by Crippen LogP contribution is 2.43. The third kappa shape index (κ3) is 5.24. The predicted octanol–water partition coefficient (Wildman–Crippen LogP) is 8.26. The fraction of sp³-hybridized carbons (Fsp3) is 0.0667.